The van der Waals surface area contributed by atoms with E-state index in [-0.39, 0.29) is 5.91 Å². The van der Waals surface area contributed by atoms with Crippen LogP contribution in [-0.4, -0.2) is 28.5 Å². The maximum absolute atomic E-state index is 12.5. The molecule has 0 unspecified atom stereocenters. The van der Waals surface area contributed by atoms with Gasteiger partial charge in [0, 0.05) is 30.3 Å². The number of nitrogens with zero attached hydrogens (tertiary/aromatic N) is 2. The van der Waals surface area contributed by atoms with Crippen molar-refractivity contribution in [1.29, 1.82) is 0 Å². The number of aryl methyl sites for hydroxylation is 1. The standard InChI is InChI=1S/C14H21BrN2O/c1-3-11-5-7-17(8-6-11)14(18)13-9-12(15)10-16(13)4-2/h9-11H,3-8H2,1-2H3. The third-order valence-corrected chi connectivity index (χ3v) is 4.34. The third-order valence-electron chi connectivity index (χ3n) is 3.90. The van der Waals surface area contributed by atoms with Gasteiger partial charge in [-0.05, 0) is 47.7 Å². The largest absolute Gasteiger partial charge is 0.343 e. The summed E-state index contributed by atoms with van der Waals surface area (Å²) in [6, 6.07) is 1.93. The lowest BCUT2D eigenvalue weighted by atomic mass is 9.94. The second kappa shape index (κ2) is 5.91. The summed E-state index contributed by atoms with van der Waals surface area (Å²) in [5, 5.41) is 0. The van der Waals surface area contributed by atoms with E-state index in [2.05, 4.69) is 29.8 Å². The van der Waals surface area contributed by atoms with Gasteiger partial charge in [0.2, 0.25) is 0 Å². The zero-order chi connectivity index (χ0) is 13.1. The highest BCUT2D eigenvalue weighted by molar-refractivity contribution is 9.10. The molecule has 0 N–H and O–H groups in total. The maximum atomic E-state index is 12.5. The molecule has 0 spiro atoms. The second-order valence-electron chi connectivity index (χ2n) is 4.97. The van der Waals surface area contributed by atoms with E-state index in [4.69, 9.17) is 0 Å². The molecule has 0 radical (unpaired) electrons. The van der Waals surface area contributed by atoms with Gasteiger partial charge in [0.1, 0.15) is 5.69 Å². The molecular weight excluding hydrogens is 292 g/mol. The van der Waals surface area contributed by atoms with Gasteiger partial charge in [0.15, 0.2) is 0 Å². The summed E-state index contributed by atoms with van der Waals surface area (Å²) in [7, 11) is 0. The number of hydrogen-bond acceptors (Lipinski definition) is 1. The Hall–Kier alpha value is -0.770. The number of carbonyl (C=O) groups excluding carboxylic acids is 1. The van der Waals surface area contributed by atoms with Crippen molar-refractivity contribution in [3.63, 3.8) is 0 Å². The van der Waals surface area contributed by atoms with Crippen molar-refractivity contribution in [2.24, 2.45) is 5.92 Å². The van der Waals surface area contributed by atoms with E-state index >= 15 is 0 Å². The lowest BCUT2D eigenvalue weighted by molar-refractivity contribution is 0.0678. The molecule has 0 bridgehead atoms. The minimum Gasteiger partial charge on any atom is -0.343 e. The van der Waals surface area contributed by atoms with Crippen molar-refractivity contribution in [3.05, 3.63) is 22.4 Å². The van der Waals surface area contributed by atoms with Crippen molar-refractivity contribution in [1.82, 2.24) is 9.47 Å². The molecule has 1 fully saturated rings. The van der Waals surface area contributed by atoms with Gasteiger partial charge in [-0.15, -0.1) is 0 Å². The quantitative estimate of drug-likeness (QED) is 0.838. The number of halogens is 1. The third kappa shape index (κ3) is 2.79. The van der Waals surface area contributed by atoms with E-state index in [1.165, 1.54) is 6.42 Å². The number of likely N-dealkylation sites (tertiary alicyclic amines) is 1. The molecular formula is C14H21BrN2O. The summed E-state index contributed by atoms with van der Waals surface area (Å²) in [5.74, 6) is 0.982. The van der Waals surface area contributed by atoms with Crippen LogP contribution in [0.3, 0.4) is 0 Å². The van der Waals surface area contributed by atoms with Crippen LogP contribution >= 0.6 is 15.9 Å². The van der Waals surface area contributed by atoms with Gasteiger partial charge < -0.3 is 9.47 Å². The number of piperidine rings is 1. The van der Waals surface area contributed by atoms with Gasteiger partial charge in [-0.2, -0.15) is 0 Å². The van der Waals surface area contributed by atoms with Crippen molar-refractivity contribution in [2.45, 2.75) is 39.7 Å². The van der Waals surface area contributed by atoms with Crippen LogP contribution in [0.1, 0.15) is 43.6 Å². The Morgan fingerprint density at radius 1 is 1.39 bits per heavy atom. The van der Waals surface area contributed by atoms with E-state index in [0.29, 0.717) is 0 Å². The van der Waals surface area contributed by atoms with E-state index in [1.807, 2.05) is 21.7 Å². The molecule has 1 amide bonds. The first kappa shape index (κ1) is 13.7. The van der Waals surface area contributed by atoms with Gasteiger partial charge in [0.05, 0.1) is 0 Å². The highest BCUT2D eigenvalue weighted by Crippen LogP contribution is 2.23. The summed E-state index contributed by atoms with van der Waals surface area (Å²) in [6.07, 6.45) is 5.51. The molecule has 1 aliphatic rings. The van der Waals surface area contributed by atoms with Crippen LogP contribution in [0.4, 0.5) is 0 Å². The highest BCUT2D eigenvalue weighted by Gasteiger charge is 2.24. The normalized spacial score (nSPS) is 17.2. The van der Waals surface area contributed by atoms with Gasteiger partial charge in [0.25, 0.3) is 5.91 Å². The number of hydrogen-bond donors (Lipinski definition) is 0. The van der Waals surface area contributed by atoms with Crippen LogP contribution in [-0.2, 0) is 6.54 Å². The second-order valence-corrected chi connectivity index (χ2v) is 5.89. The molecule has 3 nitrogen and oxygen atoms in total. The highest BCUT2D eigenvalue weighted by atomic mass is 79.9. The molecule has 1 aromatic rings. The zero-order valence-electron chi connectivity index (χ0n) is 11.2. The lowest BCUT2D eigenvalue weighted by Crippen LogP contribution is -2.39. The van der Waals surface area contributed by atoms with Crippen molar-refractivity contribution in [2.75, 3.05) is 13.1 Å². The number of amides is 1. The summed E-state index contributed by atoms with van der Waals surface area (Å²) in [4.78, 5) is 14.5. The zero-order valence-corrected chi connectivity index (χ0v) is 12.7. The molecule has 1 saturated heterocycles. The Labute approximate surface area is 117 Å². The number of carbonyl (C=O) groups is 1. The molecule has 0 aromatic carbocycles. The van der Waals surface area contributed by atoms with E-state index < -0.39 is 0 Å². The predicted octanol–water partition coefficient (Wildman–Crippen LogP) is 3.53. The Morgan fingerprint density at radius 2 is 2.06 bits per heavy atom. The van der Waals surface area contributed by atoms with Crippen LogP contribution in [0.5, 0.6) is 0 Å². The van der Waals surface area contributed by atoms with E-state index in [1.54, 1.807) is 0 Å². The Morgan fingerprint density at radius 3 is 2.61 bits per heavy atom. The van der Waals surface area contributed by atoms with Gasteiger partial charge in [-0.1, -0.05) is 13.3 Å². The molecule has 1 aromatic heterocycles. The Balaban J connectivity index is 2.07. The van der Waals surface area contributed by atoms with E-state index in [9.17, 15) is 4.79 Å². The first-order chi connectivity index (χ1) is 8.65. The maximum Gasteiger partial charge on any atom is 0.270 e. The first-order valence-corrected chi connectivity index (χ1v) is 7.60. The average molecular weight is 313 g/mol. The molecule has 1 aliphatic heterocycles. The van der Waals surface area contributed by atoms with Gasteiger partial charge >= 0.3 is 0 Å². The minimum absolute atomic E-state index is 0.178. The SMILES string of the molecule is CCC1CCN(C(=O)c2cc(Br)cn2CC)CC1. The van der Waals surface area contributed by atoms with Crippen molar-refractivity contribution < 1.29 is 4.79 Å². The van der Waals surface area contributed by atoms with Crippen LogP contribution in [0.2, 0.25) is 0 Å². The molecule has 0 saturated carbocycles. The van der Waals surface area contributed by atoms with Crippen LogP contribution in [0.25, 0.3) is 0 Å². The monoisotopic (exact) mass is 312 g/mol. The first-order valence-electron chi connectivity index (χ1n) is 6.80. The average Bonchev–Trinajstić information content (AvgIpc) is 2.79. The van der Waals surface area contributed by atoms with Gasteiger partial charge in [-0.3, -0.25) is 4.79 Å². The fraction of sp³-hybridized carbons (Fsp3) is 0.643. The summed E-state index contributed by atoms with van der Waals surface area (Å²) >= 11 is 3.45. The predicted molar refractivity (Wildman–Crippen MR) is 76.7 cm³/mol. The molecule has 18 heavy (non-hydrogen) atoms. The molecule has 4 heteroatoms. The van der Waals surface area contributed by atoms with Gasteiger partial charge in [-0.25, -0.2) is 0 Å². The lowest BCUT2D eigenvalue weighted by Gasteiger charge is -2.31. The molecule has 100 valence electrons. The number of rotatable bonds is 3. The summed E-state index contributed by atoms with van der Waals surface area (Å²) in [5.41, 5.74) is 0.805. The Bertz CT molecular complexity index is 419. The van der Waals surface area contributed by atoms with E-state index in [0.717, 1.165) is 48.6 Å². The van der Waals surface area contributed by atoms with Crippen LogP contribution < -0.4 is 0 Å². The van der Waals surface area contributed by atoms with Crippen LogP contribution in [0.15, 0.2) is 16.7 Å². The molecule has 0 atom stereocenters. The molecule has 2 rings (SSSR count). The van der Waals surface area contributed by atoms with Crippen molar-refractivity contribution in [3.8, 4) is 0 Å². The summed E-state index contributed by atoms with van der Waals surface area (Å²) in [6.45, 7) is 6.94. The fourth-order valence-electron chi connectivity index (χ4n) is 2.62. The Kier molecular flexibility index (Phi) is 4.49. The van der Waals surface area contributed by atoms with Crippen molar-refractivity contribution >= 4 is 21.8 Å². The topological polar surface area (TPSA) is 25.2 Å². The smallest absolute Gasteiger partial charge is 0.270 e. The number of aromatic nitrogens is 1. The fourth-order valence-corrected chi connectivity index (χ4v) is 3.09. The molecule has 0 aliphatic carbocycles. The molecule has 2 heterocycles. The summed E-state index contributed by atoms with van der Waals surface area (Å²) < 4.78 is 2.99. The minimum atomic E-state index is 0.178. The van der Waals surface area contributed by atoms with Crippen LogP contribution in [0, 0.1) is 5.92 Å².